The van der Waals surface area contributed by atoms with E-state index >= 15 is 0 Å². The van der Waals surface area contributed by atoms with E-state index in [-0.39, 0.29) is 5.41 Å². The summed E-state index contributed by atoms with van der Waals surface area (Å²) in [6, 6.07) is 0. The predicted molar refractivity (Wildman–Crippen MR) is 60.5 cm³/mol. The molecule has 0 saturated heterocycles. The fourth-order valence-corrected chi connectivity index (χ4v) is 1.27. The van der Waals surface area contributed by atoms with Gasteiger partial charge in [-0.1, -0.05) is 6.08 Å². The van der Waals surface area contributed by atoms with Gasteiger partial charge in [0.2, 0.25) is 0 Å². The maximum Gasteiger partial charge on any atom is 0.129 e. The SMILES string of the molecule is CN(C)CCOC1=CCC(C)(C=O)C=C1. The number of nitrogens with zero attached hydrogens (tertiary/aromatic N) is 1. The van der Waals surface area contributed by atoms with Crippen molar-refractivity contribution >= 4 is 6.29 Å². The summed E-state index contributed by atoms with van der Waals surface area (Å²) in [6.45, 7) is 3.50. The van der Waals surface area contributed by atoms with E-state index in [4.69, 9.17) is 4.74 Å². The second-order valence-corrected chi connectivity index (χ2v) is 4.42. The zero-order valence-corrected chi connectivity index (χ0v) is 9.69. The van der Waals surface area contributed by atoms with Crippen molar-refractivity contribution in [2.75, 3.05) is 27.2 Å². The van der Waals surface area contributed by atoms with Gasteiger partial charge in [-0.3, -0.25) is 0 Å². The van der Waals surface area contributed by atoms with Crippen LogP contribution in [0.25, 0.3) is 0 Å². The summed E-state index contributed by atoms with van der Waals surface area (Å²) >= 11 is 0. The minimum atomic E-state index is -0.339. The molecule has 0 spiro atoms. The summed E-state index contributed by atoms with van der Waals surface area (Å²) in [5.74, 6) is 0.871. The fraction of sp³-hybridized carbons (Fsp3) is 0.583. The van der Waals surface area contributed by atoms with E-state index in [2.05, 4.69) is 4.90 Å². The van der Waals surface area contributed by atoms with Gasteiger partial charge in [-0.25, -0.2) is 0 Å². The first-order valence-corrected chi connectivity index (χ1v) is 5.19. The van der Waals surface area contributed by atoms with E-state index in [1.165, 1.54) is 0 Å². The molecular formula is C12H19NO2. The maximum atomic E-state index is 10.8. The van der Waals surface area contributed by atoms with Gasteiger partial charge in [0.25, 0.3) is 0 Å². The zero-order valence-electron chi connectivity index (χ0n) is 9.69. The number of hydrogen-bond donors (Lipinski definition) is 0. The van der Waals surface area contributed by atoms with E-state index < -0.39 is 0 Å². The molecule has 0 aliphatic heterocycles. The topological polar surface area (TPSA) is 29.5 Å². The first kappa shape index (κ1) is 12.0. The highest BCUT2D eigenvalue weighted by molar-refractivity contribution is 5.63. The van der Waals surface area contributed by atoms with E-state index in [0.29, 0.717) is 6.61 Å². The molecule has 15 heavy (non-hydrogen) atoms. The van der Waals surface area contributed by atoms with Gasteiger partial charge in [-0.2, -0.15) is 0 Å². The first-order chi connectivity index (χ1) is 7.06. The van der Waals surface area contributed by atoms with E-state index in [9.17, 15) is 4.79 Å². The van der Waals surface area contributed by atoms with Gasteiger partial charge in [-0.05, 0) is 39.6 Å². The molecule has 0 fully saturated rings. The summed E-state index contributed by atoms with van der Waals surface area (Å²) in [5.41, 5.74) is -0.339. The Morgan fingerprint density at radius 2 is 2.33 bits per heavy atom. The van der Waals surface area contributed by atoms with Gasteiger partial charge in [0.05, 0.1) is 0 Å². The van der Waals surface area contributed by atoms with Crippen LogP contribution < -0.4 is 0 Å². The van der Waals surface area contributed by atoms with Crippen molar-refractivity contribution in [3.63, 3.8) is 0 Å². The first-order valence-electron chi connectivity index (χ1n) is 5.19. The van der Waals surface area contributed by atoms with Crippen LogP contribution in [0.4, 0.5) is 0 Å². The van der Waals surface area contributed by atoms with Gasteiger partial charge >= 0.3 is 0 Å². The van der Waals surface area contributed by atoms with Crippen molar-refractivity contribution in [3.8, 4) is 0 Å². The molecule has 1 unspecified atom stereocenters. The van der Waals surface area contributed by atoms with E-state index in [0.717, 1.165) is 25.0 Å². The molecule has 1 atom stereocenters. The summed E-state index contributed by atoms with van der Waals surface area (Å²) in [4.78, 5) is 12.8. The smallest absolute Gasteiger partial charge is 0.129 e. The molecule has 0 N–H and O–H groups in total. The summed E-state index contributed by atoms with van der Waals surface area (Å²) < 4.78 is 5.55. The third-order valence-corrected chi connectivity index (χ3v) is 2.45. The molecule has 84 valence electrons. The minimum absolute atomic E-state index is 0.339. The lowest BCUT2D eigenvalue weighted by Gasteiger charge is -2.21. The van der Waals surface area contributed by atoms with E-state index in [1.807, 2.05) is 39.2 Å². The third-order valence-electron chi connectivity index (χ3n) is 2.45. The lowest BCUT2D eigenvalue weighted by molar-refractivity contribution is -0.113. The average molecular weight is 209 g/mol. The molecule has 1 rings (SSSR count). The quantitative estimate of drug-likeness (QED) is 0.644. The van der Waals surface area contributed by atoms with Crippen LogP contribution in [0.5, 0.6) is 0 Å². The predicted octanol–water partition coefficient (Wildman–Crippen LogP) is 1.61. The number of ether oxygens (including phenoxy) is 1. The molecule has 1 aliphatic rings. The van der Waals surface area contributed by atoms with Gasteiger partial charge in [-0.15, -0.1) is 0 Å². The van der Waals surface area contributed by atoms with Crippen LogP contribution in [0.1, 0.15) is 13.3 Å². The van der Waals surface area contributed by atoms with Crippen LogP contribution in [0.15, 0.2) is 24.0 Å². The van der Waals surface area contributed by atoms with Crippen LogP contribution in [-0.2, 0) is 9.53 Å². The number of allylic oxidation sites excluding steroid dienone is 3. The number of rotatable bonds is 5. The van der Waals surface area contributed by atoms with Crippen molar-refractivity contribution in [1.29, 1.82) is 0 Å². The Hall–Kier alpha value is -1.09. The molecule has 0 aromatic heterocycles. The molecule has 0 aromatic rings. The molecule has 0 amide bonds. The summed E-state index contributed by atoms with van der Waals surface area (Å²) in [7, 11) is 4.02. The summed E-state index contributed by atoms with van der Waals surface area (Å²) in [6.07, 6.45) is 7.48. The number of likely N-dealkylation sites (N-methyl/N-ethyl adjacent to an activating group) is 1. The van der Waals surface area contributed by atoms with Crippen molar-refractivity contribution < 1.29 is 9.53 Å². The molecule has 0 aromatic carbocycles. The standard InChI is InChI=1S/C12H19NO2/c1-12(10-14)6-4-11(5-7-12)15-9-8-13(2)3/h4-6,10H,7-9H2,1-3H3. The van der Waals surface area contributed by atoms with E-state index in [1.54, 1.807) is 0 Å². The van der Waals surface area contributed by atoms with Crippen molar-refractivity contribution in [1.82, 2.24) is 4.90 Å². The van der Waals surface area contributed by atoms with Crippen LogP contribution >= 0.6 is 0 Å². The minimum Gasteiger partial charge on any atom is -0.493 e. The maximum absolute atomic E-state index is 10.8. The van der Waals surface area contributed by atoms with Gasteiger partial charge in [0, 0.05) is 12.0 Å². The zero-order chi connectivity index (χ0) is 11.3. The number of carbonyl (C=O) groups is 1. The molecule has 0 bridgehead atoms. The Bertz CT molecular complexity index is 281. The number of hydrogen-bond acceptors (Lipinski definition) is 3. The monoisotopic (exact) mass is 209 g/mol. The highest BCUT2D eigenvalue weighted by Crippen LogP contribution is 2.26. The van der Waals surface area contributed by atoms with Crippen molar-refractivity contribution in [2.24, 2.45) is 5.41 Å². The van der Waals surface area contributed by atoms with Crippen LogP contribution in [0.3, 0.4) is 0 Å². The number of carbonyl (C=O) groups excluding carboxylic acids is 1. The normalized spacial score (nSPS) is 25.2. The van der Waals surface area contributed by atoms with Crippen LogP contribution in [-0.4, -0.2) is 38.4 Å². The van der Waals surface area contributed by atoms with Crippen LogP contribution in [0.2, 0.25) is 0 Å². The number of aldehydes is 1. The van der Waals surface area contributed by atoms with Gasteiger partial charge < -0.3 is 14.4 Å². The van der Waals surface area contributed by atoms with Crippen molar-refractivity contribution in [3.05, 3.63) is 24.0 Å². The Balaban J connectivity index is 2.36. The van der Waals surface area contributed by atoms with Gasteiger partial charge in [0.15, 0.2) is 0 Å². The Kier molecular flexibility index (Phi) is 4.09. The highest BCUT2D eigenvalue weighted by Gasteiger charge is 2.21. The summed E-state index contributed by atoms with van der Waals surface area (Å²) in [5, 5.41) is 0. The molecule has 0 saturated carbocycles. The molecule has 0 heterocycles. The Labute approximate surface area is 91.4 Å². The highest BCUT2D eigenvalue weighted by atomic mass is 16.5. The van der Waals surface area contributed by atoms with Crippen LogP contribution in [0, 0.1) is 5.41 Å². The molecule has 0 radical (unpaired) electrons. The second kappa shape index (κ2) is 5.12. The lowest BCUT2D eigenvalue weighted by atomic mass is 9.85. The largest absolute Gasteiger partial charge is 0.493 e. The average Bonchev–Trinajstić information content (AvgIpc) is 2.21. The third kappa shape index (κ3) is 3.88. The lowest BCUT2D eigenvalue weighted by Crippen LogP contribution is -2.19. The van der Waals surface area contributed by atoms with Gasteiger partial charge in [0.1, 0.15) is 18.7 Å². The molecule has 3 heteroatoms. The second-order valence-electron chi connectivity index (χ2n) is 4.42. The molecule has 1 aliphatic carbocycles. The fourth-order valence-electron chi connectivity index (χ4n) is 1.27. The molecule has 3 nitrogen and oxygen atoms in total. The Morgan fingerprint density at radius 1 is 1.60 bits per heavy atom. The Morgan fingerprint density at radius 3 is 2.80 bits per heavy atom. The molecular weight excluding hydrogens is 190 g/mol. The van der Waals surface area contributed by atoms with Crippen molar-refractivity contribution in [2.45, 2.75) is 13.3 Å².